The lowest BCUT2D eigenvalue weighted by Gasteiger charge is -2.12. The minimum atomic E-state index is -4.54. The fourth-order valence-electron chi connectivity index (χ4n) is 2.79. The van der Waals surface area contributed by atoms with Gasteiger partial charge in [0, 0.05) is 31.1 Å². The van der Waals surface area contributed by atoms with Crippen molar-refractivity contribution >= 4 is 17.4 Å². The van der Waals surface area contributed by atoms with E-state index in [1.54, 1.807) is 35.0 Å². The molecule has 30 heavy (non-hydrogen) atoms. The van der Waals surface area contributed by atoms with Gasteiger partial charge in [-0.05, 0) is 35.9 Å². The first-order valence-corrected chi connectivity index (χ1v) is 9.32. The molecule has 0 aliphatic heterocycles. The molecular weight excluding hydrogens is 419 g/mol. The van der Waals surface area contributed by atoms with Gasteiger partial charge in [0.1, 0.15) is 11.5 Å². The van der Waals surface area contributed by atoms with Gasteiger partial charge in [0.05, 0.1) is 17.2 Å². The molecule has 0 saturated heterocycles. The number of nitrogens with zero attached hydrogens (tertiary/aromatic N) is 3. The maximum Gasteiger partial charge on any atom is 0.417 e. The Morgan fingerprint density at radius 1 is 0.967 bits per heavy atom. The van der Waals surface area contributed by atoms with E-state index in [2.05, 4.69) is 9.97 Å². The lowest BCUT2D eigenvalue weighted by Crippen LogP contribution is -2.06. The molecule has 0 spiro atoms. The van der Waals surface area contributed by atoms with E-state index < -0.39 is 11.7 Å². The van der Waals surface area contributed by atoms with Gasteiger partial charge in [-0.3, -0.25) is 4.40 Å². The van der Waals surface area contributed by atoms with Crippen LogP contribution < -0.4 is 9.47 Å². The van der Waals surface area contributed by atoms with Crippen molar-refractivity contribution in [2.45, 2.75) is 12.6 Å². The predicted octanol–water partition coefficient (Wildman–Crippen LogP) is 5.82. The van der Waals surface area contributed by atoms with Crippen LogP contribution in [0.25, 0.3) is 5.78 Å². The van der Waals surface area contributed by atoms with Crippen LogP contribution in [0.1, 0.15) is 11.1 Å². The van der Waals surface area contributed by atoms with Crippen LogP contribution in [-0.2, 0) is 12.6 Å². The number of aromatic nitrogens is 3. The van der Waals surface area contributed by atoms with E-state index in [-0.39, 0.29) is 10.8 Å². The summed E-state index contributed by atoms with van der Waals surface area (Å²) in [5.41, 5.74) is 0.0499. The quantitative estimate of drug-likeness (QED) is 0.384. The van der Waals surface area contributed by atoms with Crippen molar-refractivity contribution in [3.63, 3.8) is 0 Å². The zero-order valence-electron chi connectivity index (χ0n) is 15.4. The molecule has 2 aromatic carbocycles. The molecule has 0 unspecified atom stereocenters. The molecule has 9 heteroatoms. The normalized spacial score (nSPS) is 11.6. The number of halogens is 4. The summed E-state index contributed by atoms with van der Waals surface area (Å²) in [6, 6.07) is 12.2. The number of alkyl halides is 3. The summed E-state index contributed by atoms with van der Waals surface area (Å²) in [6.07, 6.45) is 1.35. The first-order chi connectivity index (χ1) is 14.4. The van der Waals surface area contributed by atoms with Crippen molar-refractivity contribution in [1.29, 1.82) is 0 Å². The average molecular weight is 434 g/mol. The van der Waals surface area contributed by atoms with Crippen molar-refractivity contribution in [3.05, 3.63) is 83.3 Å². The molecule has 0 saturated carbocycles. The van der Waals surface area contributed by atoms with E-state index in [4.69, 9.17) is 21.1 Å². The summed E-state index contributed by atoms with van der Waals surface area (Å²) in [7, 11) is 0. The van der Waals surface area contributed by atoms with Crippen molar-refractivity contribution in [2.24, 2.45) is 0 Å². The van der Waals surface area contributed by atoms with Crippen molar-refractivity contribution in [1.82, 2.24) is 14.4 Å². The van der Waals surface area contributed by atoms with Gasteiger partial charge in [0.25, 0.3) is 0 Å². The monoisotopic (exact) mass is 433 g/mol. The topological polar surface area (TPSA) is 48.7 Å². The molecule has 0 atom stereocenters. The van der Waals surface area contributed by atoms with Crippen LogP contribution in [0.4, 0.5) is 13.2 Å². The van der Waals surface area contributed by atoms with Gasteiger partial charge in [0.2, 0.25) is 11.7 Å². The number of hydrogen-bond donors (Lipinski definition) is 0. The summed E-state index contributed by atoms with van der Waals surface area (Å²) in [4.78, 5) is 8.38. The first kappa shape index (κ1) is 20.0. The highest BCUT2D eigenvalue weighted by Crippen LogP contribution is 2.37. The number of rotatable bonds is 6. The second kappa shape index (κ2) is 8.23. The standard InChI is InChI=1S/C21H15ClF3N3O2/c22-18-6-5-16(13-17(18)21(23,24)25)30-15-3-1-14(2-4-15)8-12-29-19-7-10-28-11-9-26-20(28)27-19/h1-7,9-11,13H,8,12H2. The lowest BCUT2D eigenvalue weighted by atomic mass is 10.1. The summed E-state index contributed by atoms with van der Waals surface area (Å²) >= 11 is 5.62. The van der Waals surface area contributed by atoms with Gasteiger partial charge in [-0.15, -0.1) is 0 Å². The summed E-state index contributed by atoms with van der Waals surface area (Å²) < 4.78 is 51.8. The number of fused-ring (bicyclic) bond motifs is 1. The second-order valence-corrected chi connectivity index (χ2v) is 6.79. The minimum Gasteiger partial charge on any atom is -0.477 e. The van der Waals surface area contributed by atoms with Gasteiger partial charge < -0.3 is 9.47 Å². The summed E-state index contributed by atoms with van der Waals surface area (Å²) in [5.74, 6) is 1.52. The molecule has 0 bridgehead atoms. The lowest BCUT2D eigenvalue weighted by molar-refractivity contribution is -0.137. The van der Waals surface area contributed by atoms with Gasteiger partial charge in [-0.2, -0.15) is 18.2 Å². The molecule has 5 nitrogen and oxygen atoms in total. The molecule has 2 heterocycles. The smallest absolute Gasteiger partial charge is 0.417 e. The van der Waals surface area contributed by atoms with Crippen LogP contribution in [0.2, 0.25) is 5.02 Å². The highest BCUT2D eigenvalue weighted by atomic mass is 35.5. The number of benzene rings is 2. The SMILES string of the molecule is FC(F)(F)c1cc(Oc2ccc(CCOc3ccn4ccnc4n3)cc2)ccc1Cl. The second-order valence-electron chi connectivity index (χ2n) is 6.38. The minimum absolute atomic E-state index is 0.0586. The summed E-state index contributed by atoms with van der Waals surface area (Å²) in [5, 5.41) is -0.369. The third kappa shape index (κ3) is 4.65. The number of ether oxygens (including phenoxy) is 2. The van der Waals surface area contributed by atoms with Crippen LogP contribution in [0.15, 0.2) is 67.1 Å². The Balaban J connectivity index is 1.35. The van der Waals surface area contributed by atoms with Crippen molar-refractivity contribution in [3.8, 4) is 17.4 Å². The maximum atomic E-state index is 13.0. The molecule has 154 valence electrons. The number of imidazole rings is 1. The van der Waals surface area contributed by atoms with Gasteiger partial charge in [-0.25, -0.2) is 4.98 Å². The predicted molar refractivity (Wildman–Crippen MR) is 105 cm³/mol. The Morgan fingerprint density at radius 3 is 2.50 bits per heavy atom. The van der Waals surface area contributed by atoms with E-state index in [0.717, 1.165) is 11.6 Å². The maximum absolute atomic E-state index is 13.0. The molecule has 0 N–H and O–H groups in total. The van der Waals surface area contributed by atoms with E-state index >= 15 is 0 Å². The molecule has 2 aromatic heterocycles. The van der Waals surface area contributed by atoms with Crippen LogP contribution in [-0.4, -0.2) is 21.0 Å². The molecular formula is C21H15ClF3N3O2. The van der Waals surface area contributed by atoms with E-state index in [1.807, 2.05) is 18.3 Å². The fourth-order valence-corrected chi connectivity index (χ4v) is 3.01. The largest absolute Gasteiger partial charge is 0.477 e. The van der Waals surface area contributed by atoms with E-state index in [1.165, 1.54) is 12.1 Å². The molecule has 0 aliphatic rings. The molecule has 0 fully saturated rings. The first-order valence-electron chi connectivity index (χ1n) is 8.94. The molecule has 0 aliphatic carbocycles. The third-order valence-electron chi connectivity index (χ3n) is 4.28. The van der Waals surface area contributed by atoms with Crippen molar-refractivity contribution < 1.29 is 22.6 Å². The Morgan fingerprint density at radius 2 is 1.73 bits per heavy atom. The average Bonchev–Trinajstić information content (AvgIpc) is 3.18. The zero-order chi connectivity index (χ0) is 21.1. The molecule has 0 radical (unpaired) electrons. The number of hydrogen-bond acceptors (Lipinski definition) is 4. The third-order valence-corrected chi connectivity index (χ3v) is 4.61. The van der Waals surface area contributed by atoms with Gasteiger partial charge >= 0.3 is 6.18 Å². The van der Waals surface area contributed by atoms with Crippen molar-refractivity contribution in [2.75, 3.05) is 6.61 Å². The van der Waals surface area contributed by atoms with Gasteiger partial charge in [0.15, 0.2) is 0 Å². The zero-order valence-corrected chi connectivity index (χ0v) is 16.2. The van der Waals surface area contributed by atoms with Crippen LogP contribution >= 0.6 is 11.6 Å². The Labute approximate surface area is 174 Å². The molecule has 4 aromatic rings. The van der Waals surface area contributed by atoms with E-state index in [0.29, 0.717) is 30.4 Å². The molecule has 0 amide bonds. The Bertz CT molecular complexity index is 1160. The van der Waals surface area contributed by atoms with Crippen LogP contribution in [0.5, 0.6) is 17.4 Å². The highest BCUT2D eigenvalue weighted by Gasteiger charge is 2.33. The summed E-state index contributed by atoms with van der Waals surface area (Å²) in [6.45, 7) is 0.413. The Kier molecular flexibility index (Phi) is 5.50. The molecule has 4 rings (SSSR count). The van der Waals surface area contributed by atoms with E-state index in [9.17, 15) is 13.2 Å². The van der Waals surface area contributed by atoms with Crippen LogP contribution in [0, 0.1) is 0 Å². The van der Waals surface area contributed by atoms with Crippen LogP contribution in [0.3, 0.4) is 0 Å². The Hall–Kier alpha value is -3.26. The fraction of sp³-hybridized carbons (Fsp3) is 0.143. The highest BCUT2D eigenvalue weighted by molar-refractivity contribution is 6.31. The van der Waals surface area contributed by atoms with Gasteiger partial charge in [-0.1, -0.05) is 23.7 Å².